The molecule has 6 heteroatoms. The zero-order valence-electron chi connectivity index (χ0n) is 22.3. The van der Waals surface area contributed by atoms with Gasteiger partial charge in [0.15, 0.2) is 5.41 Å². The van der Waals surface area contributed by atoms with Gasteiger partial charge < -0.3 is 19.7 Å². The molecule has 6 nitrogen and oxygen atoms in total. The minimum Gasteiger partial charge on any atom is -0.508 e. The fourth-order valence-electron chi connectivity index (χ4n) is 4.26. The Balaban J connectivity index is 3.48. The number of rotatable bonds is 15. The van der Waals surface area contributed by atoms with Crippen molar-refractivity contribution in [3.8, 4) is 11.5 Å². The predicted octanol–water partition coefficient (Wildman–Crippen LogP) is 6.94. The van der Waals surface area contributed by atoms with Crippen LogP contribution in [0.3, 0.4) is 0 Å². The van der Waals surface area contributed by atoms with Gasteiger partial charge in [-0.15, -0.1) is 0 Å². The third-order valence-electron chi connectivity index (χ3n) is 6.26. The average Bonchev–Trinajstić information content (AvgIpc) is 2.73. The largest absolute Gasteiger partial charge is 0.508 e. The minimum absolute atomic E-state index is 0.0121. The van der Waals surface area contributed by atoms with E-state index in [1.165, 1.54) is 18.2 Å². The van der Waals surface area contributed by atoms with Gasteiger partial charge in [0.1, 0.15) is 22.7 Å². The highest BCUT2D eigenvalue weighted by molar-refractivity contribution is 6.07. The van der Waals surface area contributed by atoms with Gasteiger partial charge in [-0.25, -0.2) is 0 Å². The molecule has 0 saturated heterocycles. The van der Waals surface area contributed by atoms with Crippen LogP contribution in [0.1, 0.15) is 118 Å². The Kier molecular flexibility index (Phi) is 11.4. The normalized spacial score (nSPS) is 12.4. The molecule has 34 heavy (non-hydrogen) atoms. The van der Waals surface area contributed by atoms with E-state index in [0.717, 1.165) is 38.5 Å². The van der Waals surface area contributed by atoms with Crippen molar-refractivity contribution in [2.45, 2.75) is 129 Å². The Morgan fingerprint density at radius 3 is 1.62 bits per heavy atom. The molecule has 0 aromatic heterocycles. The first-order valence-corrected chi connectivity index (χ1v) is 12.8. The molecule has 1 aromatic carbocycles. The van der Waals surface area contributed by atoms with Crippen molar-refractivity contribution in [2.75, 3.05) is 0 Å². The van der Waals surface area contributed by atoms with Gasteiger partial charge >= 0.3 is 11.9 Å². The SMILES string of the molecule is CCCCCC(C)(C)OC(=O)C(CCC)(C(=O)OC(C)(C)CCCCC)c1cc(O)ccc1O. The molecular formula is C28H46O6. The van der Waals surface area contributed by atoms with E-state index in [1.807, 2.05) is 34.6 Å². The van der Waals surface area contributed by atoms with Gasteiger partial charge in [0, 0.05) is 5.56 Å². The molecule has 0 fully saturated rings. The summed E-state index contributed by atoms with van der Waals surface area (Å²) in [5, 5.41) is 20.9. The van der Waals surface area contributed by atoms with Crippen LogP contribution in [0.5, 0.6) is 11.5 Å². The summed E-state index contributed by atoms with van der Waals surface area (Å²) in [5.41, 5.74) is -3.47. The number of aromatic hydroxyl groups is 2. The molecule has 0 atom stereocenters. The highest BCUT2D eigenvalue weighted by Gasteiger charge is 2.54. The first-order valence-electron chi connectivity index (χ1n) is 12.8. The lowest BCUT2D eigenvalue weighted by Gasteiger charge is -2.37. The van der Waals surface area contributed by atoms with E-state index in [0.29, 0.717) is 19.3 Å². The van der Waals surface area contributed by atoms with E-state index in [1.54, 1.807) is 0 Å². The number of hydrogen-bond donors (Lipinski definition) is 2. The van der Waals surface area contributed by atoms with Gasteiger partial charge in [-0.1, -0.05) is 52.9 Å². The quantitative estimate of drug-likeness (QED) is 0.123. The zero-order valence-corrected chi connectivity index (χ0v) is 22.3. The lowest BCUT2D eigenvalue weighted by atomic mass is 9.75. The molecule has 0 bridgehead atoms. The van der Waals surface area contributed by atoms with Crippen LogP contribution in [0.2, 0.25) is 0 Å². The zero-order chi connectivity index (χ0) is 26.0. The van der Waals surface area contributed by atoms with E-state index < -0.39 is 28.6 Å². The molecule has 0 unspecified atom stereocenters. The highest BCUT2D eigenvalue weighted by atomic mass is 16.6. The predicted molar refractivity (Wildman–Crippen MR) is 135 cm³/mol. The number of carbonyl (C=O) groups is 2. The number of benzene rings is 1. The summed E-state index contributed by atoms with van der Waals surface area (Å²) in [4.78, 5) is 27.7. The summed E-state index contributed by atoms with van der Waals surface area (Å²) >= 11 is 0. The number of unbranched alkanes of at least 4 members (excludes halogenated alkanes) is 4. The summed E-state index contributed by atoms with van der Waals surface area (Å²) in [5.74, 6) is -1.93. The van der Waals surface area contributed by atoms with Crippen molar-refractivity contribution in [1.29, 1.82) is 0 Å². The maximum atomic E-state index is 13.8. The molecule has 0 saturated carbocycles. The van der Waals surface area contributed by atoms with Crippen LogP contribution < -0.4 is 0 Å². The number of ether oxygens (including phenoxy) is 2. The van der Waals surface area contributed by atoms with Crippen LogP contribution in [0, 0.1) is 0 Å². The smallest absolute Gasteiger partial charge is 0.328 e. The molecule has 0 amide bonds. The van der Waals surface area contributed by atoms with Crippen molar-refractivity contribution in [1.82, 2.24) is 0 Å². The van der Waals surface area contributed by atoms with Gasteiger partial charge in [0.2, 0.25) is 0 Å². The second kappa shape index (κ2) is 13.0. The molecule has 0 aliphatic heterocycles. The van der Waals surface area contributed by atoms with Crippen LogP contribution >= 0.6 is 0 Å². The highest BCUT2D eigenvalue weighted by Crippen LogP contribution is 2.42. The Bertz CT molecular complexity index is 760. The number of esters is 2. The van der Waals surface area contributed by atoms with E-state index in [2.05, 4.69) is 13.8 Å². The maximum absolute atomic E-state index is 13.8. The van der Waals surface area contributed by atoms with E-state index in [4.69, 9.17) is 9.47 Å². The molecule has 0 aliphatic carbocycles. The number of hydrogen-bond acceptors (Lipinski definition) is 6. The van der Waals surface area contributed by atoms with Crippen LogP contribution in [0.15, 0.2) is 18.2 Å². The van der Waals surface area contributed by atoms with Gasteiger partial charge in [-0.3, -0.25) is 9.59 Å². The van der Waals surface area contributed by atoms with Crippen LogP contribution in [-0.2, 0) is 24.5 Å². The summed E-state index contributed by atoms with van der Waals surface area (Å²) < 4.78 is 11.9. The Labute approximate surface area is 206 Å². The maximum Gasteiger partial charge on any atom is 0.328 e. The van der Waals surface area contributed by atoms with Gasteiger partial charge in [-0.05, 0) is 78.0 Å². The van der Waals surface area contributed by atoms with E-state index >= 15 is 0 Å². The first kappa shape index (κ1) is 29.8. The third-order valence-corrected chi connectivity index (χ3v) is 6.26. The summed E-state index contributed by atoms with van der Waals surface area (Å²) in [6.07, 6.45) is 7.75. The second-order valence-electron chi connectivity index (χ2n) is 10.6. The molecule has 1 rings (SSSR count). The number of phenols is 2. The summed E-state index contributed by atoms with van der Waals surface area (Å²) in [6.45, 7) is 13.4. The molecule has 1 aromatic rings. The molecule has 0 heterocycles. The lowest BCUT2D eigenvalue weighted by Crippen LogP contribution is -2.50. The van der Waals surface area contributed by atoms with Crippen molar-refractivity contribution in [2.24, 2.45) is 0 Å². The Morgan fingerprint density at radius 1 is 0.735 bits per heavy atom. The van der Waals surface area contributed by atoms with Crippen molar-refractivity contribution in [3.05, 3.63) is 23.8 Å². The fourth-order valence-corrected chi connectivity index (χ4v) is 4.26. The molecule has 2 N–H and O–H groups in total. The summed E-state index contributed by atoms with van der Waals surface area (Å²) in [7, 11) is 0. The molecule has 194 valence electrons. The number of carbonyl (C=O) groups excluding carboxylic acids is 2. The number of phenolic OH excluding ortho intramolecular Hbond substituents is 2. The van der Waals surface area contributed by atoms with Gasteiger partial charge in [-0.2, -0.15) is 0 Å². The minimum atomic E-state index is -1.89. The Morgan fingerprint density at radius 2 is 1.21 bits per heavy atom. The standard InChI is InChI=1S/C28H46O6/c1-8-11-13-18-26(4,5)33-24(31)28(17-10-3,22-20-21(29)15-16-23(22)30)25(32)34-27(6,7)19-14-12-9-2/h15-16,20,29-30H,8-14,17-19H2,1-7H3. The van der Waals surface area contributed by atoms with Crippen molar-refractivity contribution in [3.63, 3.8) is 0 Å². The molecule has 0 aliphatic rings. The monoisotopic (exact) mass is 478 g/mol. The lowest BCUT2D eigenvalue weighted by molar-refractivity contribution is -0.181. The fraction of sp³-hybridized carbons (Fsp3) is 0.714. The van der Waals surface area contributed by atoms with E-state index in [-0.39, 0.29) is 23.5 Å². The van der Waals surface area contributed by atoms with Crippen molar-refractivity contribution < 1.29 is 29.3 Å². The summed E-state index contributed by atoms with van der Waals surface area (Å²) in [6, 6.07) is 3.87. The Hall–Kier alpha value is -2.24. The molecule has 0 spiro atoms. The third kappa shape index (κ3) is 8.21. The second-order valence-corrected chi connectivity index (χ2v) is 10.6. The van der Waals surface area contributed by atoms with Gasteiger partial charge in [0.05, 0.1) is 0 Å². The van der Waals surface area contributed by atoms with E-state index in [9.17, 15) is 19.8 Å². The first-order chi connectivity index (χ1) is 15.8. The van der Waals surface area contributed by atoms with Crippen molar-refractivity contribution >= 4 is 11.9 Å². The van der Waals surface area contributed by atoms with Crippen LogP contribution in [0.25, 0.3) is 0 Å². The van der Waals surface area contributed by atoms with Gasteiger partial charge in [0.25, 0.3) is 0 Å². The molecule has 0 radical (unpaired) electrons. The van der Waals surface area contributed by atoms with Crippen LogP contribution in [-0.4, -0.2) is 33.4 Å². The topological polar surface area (TPSA) is 93.1 Å². The average molecular weight is 479 g/mol. The molecular weight excluding hydrogens is 432 g/mol. The van der Waals surface area contributed by atoms with Crippen LogP contribution in [0.4, 0.5) is 0 Å².